The molecule has 7 heteroatoms. The first-order valence-corrected chi connectivity index (χ1v) is 9.21. The largest absolute Gasteiger partial charge is 0.462 e. The van der Waals surface area contributed by atoms with Crippen LogP contribution in [-0.4, -0.2) is 37.1 Å². The molecular weight excluding hydrogens is 346 g/mol. The van der Waals surface area contributed by atoms with E-state index in [4.69, 9.17) is 4.74 Å². The van der Waals surface area contributed by atoms with E-state index in [1.807, 2.05) is 0 Å². The molecule has 0 spiro atoms. The Morgan fingerprint density at radius 1 is 1.32 bits per heavy atom. The van der Waals surface area contributed by atoms with Gasteiger partial charge in [0.25, 0.3) is 0 Å². The Morgan fingerprint density at radius 2 is 2.08 bits per heavy atom. The van der Waals surface area contributed by atoms with Crippen LogP contribution in [0.25, 0.3) is 10.6 Å². The summed E-state index contributed by atoms with van der Waals surface area (Å²) in [7, 11) is 0. The number of alkyl halides is 2. The average molecular weight is 366 g/mol. The number of hydrogen-bond donors (Lipinski definition) is 1. The summed E-state index contributed by atoms with van der Waals surface area (Å²) in [4.78, 5) is 16.7. The first-order valence-electron chi connectivity index (χ1n) is 8.33. The van der Waals surface area contributed by atoms with Crippen molar-refractivity contribution in [1.29, 1.82) is 0 Å². The normalized spacial score (nSPS) is 15.5. The molecule has 0 atom stereocenters. The summed E-state index contributed by atoms with van der Waals surface area (Å²) in [6.45, 7) is 2.30. The lowest BCUT2D eigenvalue weighted by atomic mass is 9.99. The van der Waals surface area contributed by atoms with Gasteiger partial charge in [-0.25, -0.2) is 18.6 Å². The molecule has 0 radical (unpaired) electrons. The Kier molecular flexibility index (Phi) is 6.09. The molecule has 0 bridgehead atoms. The lowest BCUT2D eigenvalue weighted by molar-refractivity contribution is 0.0416. The van der Waals surface area contributed by atoms with Crippen molar-refractivity contribution in [3.63, 3.8) is 0 Å². The molecule has 2 heterocycles. The third kappa shape index (κ3) is 4.83. The van der Waals surface area contributed by atoms with E-state index in [-0.39, 0.29) is 12.4 Å². The lowest BCUT2D eigenvalue weighted by Gasteiger charge is -2.22. The minimum absolute atomic E-state index is 0.341. The minimum atomic E-state index is -2.43. The number of ether oxygens (including phenoxy) is 1. The van der Waals surface area contributed by atoms with Crippen molar-refractivity contribution in [2.24, 2.45) is 5.92 Å². The van der Waals surface area contributed by atoms with E-state index < -0.39 is 6.43 Å². The molecule has 1 aromatic carbocycles. The monoisotopic (exact) mass is 366 g/mol. The van der Waals surface area contributed by atoms with Crippen molar-refractivity contribution in [1.82, 2.24) is 10.3 Å². The van der Waals surface area contributed by atoms with Crippen LogP contribution in [0.4, 0.5) is 8.78 Å². The Hall–Kier alpha value is -1.86. The van der Waals surface area contributed by atoms with Crippen molar-refractivity contribution in [3.05, 3.63) is 40.9 Å². The summed E-state index contributed by atoms with van der Waals surface area (Å²) in [6, 6.07) is 7.02. The number of thiazole rings is 1. The Bertz CT molecular complexity index is 715. The lowest BCUT2D eigenvalue weighted by Crippen LogP contribution is -2.30. The van der Waals surface area contributed by atoms with Crippen LogP contribution < -0.4 is 5.32 Å². The minimum Gasteiger partial charge on any atom is -0.462 e. The van der Waals surface area contributed by atoms with E-state index in [1.165, 1.54) is 11.3 Å². The Labute approximate surface area is 149 Å². The van der Waals surface area contributed by atoms with Crippen LogP contribution in [0.2, 0.25) is 0 Å². The summed E-state index contributed by atoms with van der Waals surface area (Å²) in [5.74, 6) is -0.00499. The molecule has 0 unspecified atom stereocenters. The second kappa shape index (κ2) is 8.49. The van der Waals surface area contributed by atoms with Crippen LogP contribution in [-0.2, 0) is 11.2 Å². The van der Waals surface area contributed by atoms with Gasteiger partial charge < -0.3 is 10.1 Å². The highest BCUT2D eigenvalue weighted by Crippen LogP contribution is 2.28. The van der Waals surface area contributed by atoms with Gasteiger partial charge in [0.1, 0.15) is 5.01 Å². The van der Waals surface area contributed by atoms with E-state index in [1.54, 1.807) is 29.6 Å². The molecule has 0 aliphatic carbocycles. The smallest absolute Gasteiger partial charge is 0.338 e. The first-order chi connectivity index (χ1) is 12.1. The van der Waals surface area contributed by atoms with Crippen molar-refractivity contribution in [2.45, 2.75) is 25.7 Å². The van der Waals surface area contributed by atoms with Gasteiger partial charge in [-0.15, -0.1) is 11.3 Å². The number of aromatic nitrogens is 1. The predicted molar refractivity (Wildman–Crippen MR) is 93.1 cm³/mol. The van der Waals surface area contributed by atoms with Crippen LogP contribution in [0.3, 0.4) is 0 Å². The summed E-state index contributed by atoms with van der Waals surface area (Å²) >= 11 is 1.26. The molecule has 1 aliphatic heterocycles. The van der Waals surface area contributed by atoms with Crippen LogP contribution in [0, 0.1) is 5.92 Å². The van der Waals surface area contributed by atoms with Crippen LogP contribution in [0.5, 0.6) is 0 Å². The van der Waals surface area contributed by atoms with E-state index in [0.29, 0.717) is 34.4 Å². The van der Waals surface area contributed by atoms with Crippen LogP contribution in [0.1, 0.15) is 28.9 Å². The molecule has 25 heavy (non-hydrogen) atoms. The number of hydrogen-bond acceptors (Lipinski definition) is 5. The molecule has 1 N–H and O–H groups in total. The van der Waals surface area contributed by atoms with E-state index in [2.05, 4.69) is 10.3 Å². The molecule has 0 amide bonds. The summed E-state index contributed by atoms with van der Waals surface area (Å²) in [5, 5.41) is 5.45. The predicted octanol–water partition coefficient (Wildman–Crippen LogP) is 3.77. The number of halogens is 2. The zero-order valence-corrected chi connectivity index (χ0v) is 14.5. The van der Waals surface area contributed by atoms with Gasteiger partial charge in [-0.2, -0.15) is 0 Å². The van der Waals surface area contributed by atoms with Crippen molar-refractivity contribution in [3.8, 4) is 10.6 Å². The SMILES string of the molecule is O=C(OCC1CCNCC1)c1ccccc1-c1nc(CC(F)F)cs1. The quantitative estimate of drug-likeness (QED) is 0.791. The third-order valence-electron chi connectivity index (χ3n) is 4.20. The third-order valence-corrected chi connectivity index (χ3v) is 5.13. The second-order valence-electron chi connectivity index (χ2n) is 6.08. The zero-order chi connectivity index (χ0) is 17.6. The first kappa shape index (κ1) is 17.9. The number of nitrogens with one attached hydrogen (secondary N) is 1. The molecule has 1 aliphatic rings. The number of rotatable bonds is 6. The average Bonchev–Trinajstić information content (AvgIpc) is 3.08. The number of esters is 1. The second-order valence-corrected chi connectivity index (χ2v) is 6.93. The number of benzene rings is 1. The zero-order valence-electron chi connectivity index (χ0n) is 13.7. The van der Waals surface area contributed by atoms with Gasteiger partial charge in [-0.05, 0) is 37.9 Å². The number of carbonyl (C=O) groups is 1. The maximum Gasteiger partial charge on any atom is 0.338 e. The fourth-order valence-corrected chi connectivity index (χ4v) is 3.72. The topological polar surface area (TPSA) is 51.2 Å². The summed E-state index contributed by atoms with van der Waals surface area (Å²) < 4.78 is 30.5. The maximum atomic E-state index is 12.5. The van der Waals surface area contributed by atoms with E-state index in [0.717, 1.165) is 25.9 Å². The standard InChI is InChI=1S/C18H20F2N2O2S/c19-16(20)9-13-11-25-17(22-13)14-3-1-2-4-15(14)18(23)24-10-12-5-7-21-8-6-12/h1-4,11-12,16,21H,5-10H2. The fraction of sp³-hybridized carbons (Fsp3) is 0.444. The Morgan fingerprint density at radius 3 is 2.84 bits per heavy atom. The fourth-order valence-electron chi connectivity index (χ4n) is 2.85. The number of carbonyl (C=O) groups excluding carboxylic acids is 1. The van der Waals surface area contributed by atoms with Crippen molar-refractivity contribution in [2.75, 3.05) is 19.7 Å². The maximum absolute atomic E-state index is 12.5. The van der Waals surface area contributed by atoms with E-state index in [9.17, 15) is 13.6 Å². The van der Waals surface area contributed by atoms with Crippen molar-refractivity contribution >= 4 is 17.3 Å². The molecule has 2 aromatic rings. The van der Waals surface area contributed by atoms with Crippen molar-refractivity contribution < 1.29 is 18.3 Å². The number of nitrogens with zero attached hydrogens (tertiary/aromatic N) is 1. The summed E-state index contributed by atoms with van der Waals surface area (Å²) in [6.07, 6.45) is -0.810. The van der Waals surface area contributed by atoms with Gasteiger partial charge in [0.2, 0.25) is 6.43 Å². The Balaban J connectivity index is 1.71. The molecule has 134 valence electrons. The van der Waals surface area contributed by atoms with Crippen LogP contribution >= 0.6 is 11.3 Å². The number of piperidine rings is 1. The van der Waals surface area contributed by atoms with Gasteiger partial charge in [0.15, 0.2) is 0 Å². The molecular formula is C18H20F2N2O2S. The van der Waals surface area contributed by atoms with Gasteiger partial charge in [0.05, 0.1) is 24.3 Å². The van der Waals surface area contributed by atoms with Gasteiger partial charge in [0, 0.05) is 10.9 Å². The van der Waals surface area contributed by atoms with Gasteiger partial charge in [-0.1, -0.05) is 18.2 Å². The molecule has 1 fully saturated rings. The van der Waals surface area contributed by atoms with Crippen LogP contribution in [0.15, 0.2) is 29.6 Å². The highest BCUT2D eigenvalue weighted by atomic mass is 32.1. The molecule has 0 saturated carbocycles. The van der Waals surface area contributed by atoms with E-state index >= 15 is 0 Å². The van der Waals surface area contributed by atoms with Gasteiger partial charge in [-0.3, -0.25) is 0 Å². The molecule has 3 rings (SSSR count). The molecule has 1 aromatic heterocycles. The van der Waals surface area contributed by atoms with Gasteiger partial charge >= 0.3 is 5.97 Å². The summed E-state index contributed by atoms with van der Waals surface area (Å²) in [5.41, 5.74) is 1.39. The highest BCUT2D eigenvalue weighted by Gasteiger charge is 2.20. The molecule has 1 saturated heterocycles. The molecule has 4 nitrogen and oxygen atoms in total. The highest BCUT2D eigenvalue weighted by molar-refractivity contribution is 7.13.